The van der Waals surface area contributed by atoms with E-state index in [1.807, 2.05) is 0 Å². The van der Waals surface area contributed by atoms with Crippen molar-refractivity contribution in [3.05, 3.63) is 33.7 Å². The Morgan fingerprint density at radius 1 is 1.38 bits per heavy atom. The van der Waals surface area contributed by atoms with Gasteiger partial charge in [-0.05, 0) is 37.4 Å². The number of nitrogens with two attached hydrogens (primary N) is 1. The summed E-state index contributed by atoms with van der Waals surface area (Å²) in [6.45, 7) is 0.425. The smallest absolute Gasteiger partial charge is 0.349 e. The first-order valence-electron chi connectivity index (χ1n) is 6.64. The van der Waals surface area contributed by atoms with Crippen molar-refractivity contribution in [2.45, 2.75) is 31.5 Å². The number of pyridine rings is 1. The average molecular weight is 303 g/mol. The molecular weight excluding hydrogens is 287 g/mol. The van der Waals surface area contributed by atoms with Gasteiger partial charge in [-0.2, -0.15) is 13.2 Å². The third kappa shape index (κ3) is 3.44. The fourth-order valence-electron chi connectivity index (χ4n) is 2.57. The zero-order valence-electron chi connectivity index (χ0n) is 11.2. The molecule has 116 valence electrons. The van der Waals surface area contributed by atoms with Crippen molar-refractivity contribution in [1.29, 1.82) is 0 Å². The van der Waals surface area contributed by atoms with Crippen LogP contribution in [-0.4, -0.2) is 23.5 Å². The summed E-state index contributed by atoms with van der Waals surface area (Å²) < 4.78 is 37.3. The standard InChI is InChI=1S/C13H16F3N3O2/c14-13(15,16)10-5-4-8(12(21)19-10)11(20)18-9-3-1-2-7(9)6-17/h4-5,7,9H,1-3,6,17H2,(H,18,20)(H,19,21). The molecule has 0 spiro atoms. The van der Waals surface area contributed by atoms with Gasteiger partial charge >= 0.3 is 6.18 Å². The largest absolute Gasteiger partial charge is 0.431 e. The molecule has 5 nitrogen and oxygen atoms in total. The number of amides is 1. The van der Waals surface area contributed by atoms with Crippen molar-refractivity contribution in [3.8, 4) is 0 Å². The van der Waals surface area contributed by atoms with Gasteiger partial charge in [0.25, 0.3) is 11.5 Å². The molecule has 1 amide bonds. The number of alkyl halides is 3. The lowest BCUT2D eigenvalue weighted by molar-refractivity contribution is -0.141. The molecule has 4 N–H and O–H groups in total. The molecule has 1 aromatic heterocycles. The minimum absolute atomic E-state index is 0.135. The summed E-state index contributed by atoms with van der Waals surface area (Å²) >= 11 is 0. The molecule has 1 fully saturated rings. The zero-order chi connectivity index (χ0) is 15.6. The Morgan fingerprint density at radius 2 is 2.10 bits per heavy atom. The van der Waals surface area contributed by atoms with Gasteiger partial charge in [-0.15, -0.1) is 0 Å². The summed E-state index contributed by atoms with van der Waals surface area (Å²) in [5, 5.41) is 2.68. The van der Waals surface area contributed by atoms with Crippen LogP contribution in [0.1, 0.15) is 35.3 Å². The number of rotatable bonds is 3. The van der Waals surface area contributed by atoms with Crippen molar-refractivity contribution in [1.82, 2.24) is 10.3 Å². The Morgan fingerprint density at radius 3 is 2.67 bits per heavy atom. The first-order valence-corrected chi connectivity index (χ1v) is 6.64. The maximum Gasteiger partial charge on any atom is 0.431 e. The lowest BCUT2D eigenvalue weighted by atomic mass is 10.0. The van der Waals surface area contributed by atoms with Crippen LogP contribution >= 0.6 is 0 Å². The second kappa shape index (κ2) is 5.88. The zero-order valence-corrected chi connectivity index (χ0v) is 11.2. The van der Waals surface area contributed by atoms with Gasteiger partial charge in [0.1, 0.15) is 11.3 Å². The van der Waals surface area contributed by atoms with Crippen LogP contribution in [0.4, 0.5) is 13.2 Å². The molecular formula is C13H16F3N3O2. The topological polar surface area (TPSA) is 88.0 Å². The van der Waals surface area contributed by atoms with Gasteiger partial charge in [-0.25, -0.2) is 0 Å². The number of nitrogens with one attached hydrogen (secondary N) is 2. The van der Waals surface area contributed by atoms with Crippen LogP contribution in [0.25, 0.3) is 0 Å². The third-order valence-corrected chi connectivity index (χ3v) is 3.74. The molecule has 2 rings (SSSR count). The summed E-state index contributed by atoms with van der Waals surface area (Å²) in [5.74, 6) is -0.530. The van der Waals surface area contributed by atoms with Gasteiger partial charge in [-0.1, -0.05) is 6.42 Å². The molecule has 1 aliphatic carbocycles. The number of aromatic amines is 1. The van der Waals surface area contributed by atoms with E-state index < -0.39 is 23.3 Å². The second-order valence-corrected chi connectivity index (χ2v) is 5.12. The maximum atomic E-state index is 12.4. The Kier molecular flexibility index (Phi) is 4.36. The number of H-pyrrole nitrogens is 1. The van der Waals surface area contributed by atoms with Crippen LogP contribution in [0.2, 0.25) is 0 Å². The summed E-state index contributed by atoms with van der Waals surface area (Å²) in [6.07, 6.45) is -2.07. The summed E-state index contributed by atoms with van der Waals surface area (Å²) in [6, 6.07) is 1.44. The number of halogens is 3. The van der Waals surface area contributed by atoms with E-state index in [0.717, 1.165) is 25.3 Å². The van der Waals surface area contributed by atoms with Gasteiger partial charge in [0, 0.05) is 6.04 Å². The van der Waals surface area contributed by atoms with E-state index in [0.29, 0.717) is 12.6 Å². The predicted molar refractivity (Wildman–Crippen MR) is 69.7 cm³/mol. The monoisotopic (exact) mass is 303 g/mol. The fourth-order valence-corrected chi connectivity index (χ4v) is 2.57. The molecule has 0 aromatic carbocycles. The first kappa shape index (κ1) is 15.6. The first-order chi connectivity index (χ1) is 9.82. The number of carbonyl (C=O) groups is 1. The van der Waals surface area contributed by atoms with Crippen molar-refractivity contribution >= 4 is 5.91 Å². The molecule has 0 bridgehead atoms. The molecule has 8 heteroatoms. The molecule has 21 heavy (non-hydrogen) atoms. The SMILES string of the molecule is NCC1CCCC1NC(=O)c1ccc(C(F)(F)F)[nH]c1=O. The molecule has 0 aliphatic heterocycles. The number of hydrogen-bond donors (Lipinski definition) is 3. The minimum Gasteiger partial charge on any atom is -0.349 e. The van der Waals surface area contributed by atoms with Gasteiger partial charge < -0.3 is 16.0 Å². The molecule has 1 saturated carbocycles. The van der Waals surface area contributed by atoms with E-state index in [9.17, 15) is 22.8 Å². The highest BCUT2D eigenvalue weighted by Gasteiger charge is 2.33. The molecule has 1 aliphatic rings. The van der Waals surface area contributed by atoms with Gasteiger partial charge in [0.2, 0.25) is 0 Å². The maximum absolute atomic E-state index is 12.4. The number of carbonyl (C=O) groups excluding carboxylic acids is 1. The lowest BCUT2D eigenvalue weighted by Gasteiger charge is -2.19. The van der Waals surface area contributed by atoms with Crippen molar-refractivity contribution in [2.24, 2.45) is 11.7 Å². The summed E-state index contributed by atoms with van der Waals surface area (Å²) in [5.41, 5.74) is 3.04. The van der Waals surface area contributed by atoms with Gasteiger partial charge in [-0.3, -0.25) is 9.59 Å². The van der Waals surface area contributed by atoms with E-state index in [4.69, 9.17) is 5.73 Å². The minimum atomic E-state index is -4.65. The van der Waals surface area contributed by atoms with Crippen LogP contribution < -0.4 is 16.6 Å². The quantitative estimate of drug-likeness (QED) is 0.785. The number of hydrogen-bond acceptors (Lipinski definition) is 3. The van der Waals surface area contributed by atoms with E-state index in [1.54, 1.807) is 4.98 Å². The van der Waals surface area contributed by atoms with Crippen LogP contribution in [0.3, 0.4) is 0 Å². The highest BCUT2D eigenvalue weighted by molar-refractivity contribution is 5.94. The second-order valence-electron chi connectivity index (χ2n) is 5.12. The average Bonchev–Trinajstić information content (AvgIpc) is 2.84. The fraction of sp³-hybridized carbons (Fsp3) is 0.538. The molecule has 1 aromatic rings. The van der Waals surface area contributed by atoms with E-state index >= 15 is 0 Å². The van der Waals surface area contributed by atoms with Crippen LogP contribution in [-0.2, 0) is 6.18 Å². The summed E-state index contributed by atoms with van der Waals surface area (Å²) in [7, 11) is 0. The highest BCUT2D eigenvalue weighted by Crippen LogP contribution is 2.27. The van der Waals surface area contributed by atoms with Gasteiger partial charge in [0.05, 0.1) is 0 Å². The molecule has 0 radical (unpaired) electrons. The van der Waals surface area contributed by atoms with Crippen molar-refractivity contribution in [3.63, 3.8) is 0 Å². The van der Waals surface area contributed by atoms with Crippen LogP contribution in [0, 0.1) is 5.92 Å². The summed E-state index contributed by atoms with van der Waals surface area (Å²) in [4.78, 5) is 25.3. The van der Waals surface area contributed by atoms with Crippen LogP contribution in [0.5, 0.6) is 0 Å². The van der Waals surface area contributed by atoms with Gasteiger partial charge in [0.15, 0.2) is 0 Å². The number of aromatic nitrogens is 1. The normalized spacial score (nSPS) is 22.3. The van der Waals surface area contributed by atoms with Crippen LogP contribution in [0.15, 0.2) is 16.9 Å². The van der Waals surface area contributed by atoms with Crippen molar-refractivity contribution < 1.29 is 18.0 Å². The third-order valence-electron chi connectivity index (χ3n) is 3.74. The molecule has 2 unspecified atom stereocenters. The molecule has 0 saturated heterocycles. The van der Waals surface area contributed by atoms with E-state index in [2.05, 4.69) is 5.32 Å². The van der Waals surface area contributed by atoms with E-state index in [-0.39, 0.29) is 17.5 Å². The Labute approximate surface area is 118 Å². The Bertz CT molecular complexity index is 583. The predicted octanol–water partition coefficient (Wildman–Crippen LogP) is 1.25. The Balaban J connectivity index is 2.15. The van der Waals surface area contributed by atoms with Crippen molar-refractivity contribution in [2.75, 3.05) is 6.54 Å². The molecule has 2 atom stereocenters. The highest BCUT2D eigenvalue weighted by atomic mass is 19.4. The molecule has 1 heterocycles. The van der Waals surface area contributed by atoms with E-state index in [1.165, 1.54) is 0 Å². The lowest BCUT2D eigenvalue weighted by Crippen LogP contribution is -2.41. The Hall–Kier alpha value is -1.83.